The maximum absolute atomic E-state index is 12.0. The van der Waals surface area contributed by atoms with E-state index in [1.807, 2.05) is 24.3 Å². The molecule has 5 heteroatoms. The van der Waals surface area contributed by atoms with Gasteiger partial charge in [-0.2, -0.15) is 0 Å². The highest BCUT2D eigenvalue weighted by atomic mass is 16.5. The van der Waals surface area contributed by atoms with Gasteiger partial charge >= 0.3 is 0 Å². The van der Waals surface area contributed by atoms with Crippen molar-refractivity contribution in [3.8, 4) is 5.75 Å². The molecule has 0 bridgehead atoms. The van der Waals surface area contributed by atoms with Crippen molar-refractivity contribution in [3.63, 3.8) is 0 Å². The molecule has 1 heterocycles. The number of para-hydroxylation sites is 2. The zero-order chi connectivity index (χ0) is 16.7. The Bertz CT molecular complexity index is 639. The van der Waals surface area contributed by atoms with Gasteiger partial charge in [-0.1, -0.05) is 26.0 Å². The van der Waals surface area contributed by atoms with Crippen LogP contribution < -0.4 is 15.4 Å². The van der Waals surface area contributed by atoms with E-state index in [2.05, 4.69) is 29.5 Å². The Hall–Kier alpha value is -2.56. The van der Waals surface area contributed by atoms with Crippen molar-refractivity contribution in [2.24, 2.45) is 5.92 Å². The molecule has 0 aliphatic heterocycles. The van der Waals surface area contributed by atoms with E-state index in [-0.39, 0.29) is 5.91 Å². The second-order valence-electron chi connectivity index (χ2n) is 5.70. The summed E-state index contributed by atoms with van der Waals surface area (Å²) in [5.41, 5.74) is 1.39. The Kier molecular flexibility index (Phi) is 5.97. The predicted octanol–water partition coefficient (Wildman–Crippen LogP) is 3.61. The number of amides is 1. The minimum Gasteiger partial charge on any atom is -0.495 e. The van der Waals surface area contributed by atoms with Gasteiger partial charge in [0.2, 0.25) is 0 Å². The molecule has 0 unspecified atom stereocenters. The van der Waals surface area contributed by atoms with Gasteiger partial charge in [0.25, 0.3) is 5.91 Å². The van der Waals surface area contributed by atoms with Gasteiger partial charge in [0.05, 0.1) is 18.4 Å². The first-order valence-electron chi connectivity index (χ1n) is 7.74. The van der Waals surface area contributed by atoms with Gasteiger partial charge in [0, 0.05) is 12.7 Å². The van der Waals surface area contributed by atoms with Crippen LogP contribution in [0.3, 0.4) is 0 Å². The Morgan fingerprint density at radius 2 is 2.00 bits per heavy atom. The number of methoxy groups -OCH3 is 1. The van der Waals surface area contributed by atoms with Gasteiger partial charge in [-0.3, -0.25) is 4.79 Å². The Morgan fingerprint density at radius 3 is 2.65 bits per heavy atom. The molecule has 0 saturated heterocycles. The highest BCUT2D eigenvalue weighted by Gasteiger charge is 2.07. The smallest absolute Gasteiger partial charge is 0.252 e. The van der Waals surface area contributed by atoms with Crippen molar-refractivity contribution in [2.45, 2.75) is 20.3 Å². The zero-order valence-electron chi connectivity index (χ0n) is 13.8. The third kappa shape index (κ3) is 4.98. The minimum absolute atomic E-state index is 0.0954. The second kappa shape index (κ2) is 8.17. The molecule has 122 valence electrons. The summed E-state index contributed by atoms with van der Waals surface area (Å²) in [5.74, 6) is 1.88. The molecule has 0 aliphatic rings. The highest BCUT2D eigenvalue weighted by Crippen LogP contribution is 2.25. The molecule has 0 radical (unpaired) electrons. The number of pyridine rings is 1. The molecular formula is C18H23N3O2. The fourth-order valence-electron chi connectivity index (χ4n) is 2.06. The molecule has 23 heavy (non-hydrogen) atoms. The predicted molar refractivity (Wildman–Crippen MR) is 92.3 cm³/mol. The molecular weight excluding hydrogens is 290 g/mol. The van der Waals surface area contributed by atoms with Crippen molar-refractivity contribution in [1.29, 1.82) is 0 Å². The number of benzene rings is 1. The molecule has 1 aromatic heterocycles. The fourth-order valence-corrected chi connectivity index (χ4v) is 2.06. The van der Waals surface area contributed by atoms with Crippen LogP contribution in [0.4, 0.5) is 11.5 Å². The van der Waals surface area contributed by atoms with Crippen molar-refractivity contribution in [2.75, 3.05) is 19.0 Å². The second-order valence-corrected chi connectivity index (χ2v) is 5.70. The number of hydrogen-bond donors (Lipinski definition) is 2. The largest absolute Gasteiger partial charge is 0.495 e. The molecule has 2 aromatic rings. The van der Waals surface area contributed by atoms with Gasteiger partial charge in [-0.05, 0) is 36.6 Å². The molecule has 1 aromatic carbocycles. The summed E-state index contributed by atoms with van der Waals surface area (Å²) in [6.45, 7) is 4.94. The van der Waals surface area contributed by atoms with Crippen LogP contribution in [-0.4, -0.2) is 24.5 Å². The van der Waals surface area contributed by atoms with Gasteiger partial charge in [0.15, 0.2) is 0 Å². The highest BCUT2D eigenvalue weighted by molar-refractivity contribution is 5.94. The maximum atomic E-state index is 12.0. The van der Waals surface area contributed by atoms with E-state index < -0.39 is 0 Å². The molecule has 1 amide bonds. The molecule has 2 N–H and O–H groups in total. The van der Waals surface area contributed by atoms with Crippen LogP contribution in [0.25, 0.3) is 0 Å². The van der Waals surface area contributed by atoms with E-state index >= 15 is 0 Å². The van der Waals surface area contributed by atoms with E-state index in [1.165, 1.54) is 0 Å². The van der Waals surface area contributed by atoms with Crippen LogP contribution in [0, 0.1) is 5.92 Å². The molecule has 5 nitrogen and oxygen atoms in total. The van der Waals surface area contributed by atoms with E-state index in [0.29, 0.717) is 23.8 Å². The lowest BCUT2D eigenvalue weighted by Gasteiger charge is -2.11. The number of carbonyl (C=O) groups excluding carboxylic acids is 1. The van der Waals surface area contributed by atoms with Gasteiger partial charge in [0.1, 0.15) is 11.6 Å². The Labute approximate surface area is 137 Å². The summed E-state index contributed by atoms with van der Waals surface area (Å²) in [6.07, 6.45) is 2.54. The number of aromatic nitrogens is 1. The topological polar surface area (TPSA) is 63.2 Å². The number of anilines is 2. The van der Waals surface area contributed by atoms with Gasteiger partial charge in [-0.25, -0.2) is 4.98 Å². The number of rotatable bonds is 7. The number of nitrogens with one attached hydrogen (secondary N) is 2. The van der Waals surface area contributed by atoms with Crippen LogP contribution in [-0.2, 0) is 0 Å². The van der Waals surface area contributed by atoms with Crippen molar-refractivity contribution >= 4 is 17.4 Å². The molecule has 0 aliphatic carbocycles. The van der Waals surface area contributed by atoms with Crippen LogP contribution in [0.5, 0.6) is 5.75 Å². The fraction of sp³-hybridized carbons (Fsp3) is 0.333. The first kappa shape index (κ1) is 16.8. The molecule has 0 spiro atoms. The average Bonchev–Trinajstić information content (AvgIpc) is 2.55. The lowest BCUT2D eigenvalue weighted by Crippen LogP contribution is -2.25. The standard InChI is InChI=1S/C18H23N3O2/c1-13(2)10-11-19-18(22)14-8-9-17(20-12-14)21-15-6-4-5-7-16(15)23-3/h4-9,12-13H,10-11H2,1-3H3,(H,19,22)(H,20,21). The number of ether oxygens (including phenoxy) is 1. The first-order valence-corrected chi connectivity index (χ1v) is 7.74. The first-order chi connectivity index (χ1) is 11.1. The van der Waals surface area contributed by atoms with Crippen molar-refractivity contribution in [3.05, 3.63) is 48.2 Å². The number of carbonyl (C=O) groups is 1. The van der Waals surface area contributed by atoms with Gasteiger partial charge < -0.3 is 15.4 Å². The monoisotopic (exact) mass is 313 g/mol. The quantitative estimate of drug-likeness (QED) is 0.819. The van der Waals surface area contributed by atoms with Crippen molar-refractivity contribution < 1.29 is 9.53 Å². The summed E-state index contributed by atoms with van der Waals surface area (Å²) in [7, 11) is 1.62. The minimum atomic E-state index is -0.0954. The summed E-state index contributed by atoms with van der Waals surface area (Å²) < 4.78 is 5.29. The Morgan fingerprint density at radius 1 is 1.22 bits per heavy atom. The SMILES string of the molecule is COc1ccccc1Nc1ccc(C(=O)NCCC(C)C)cn1. The average molecular weight is 313 g/mol. The van der Waals surface area contributed by atoms with E-state index in [9.17, 15) is 4.79 Å². The zero-order valence-corrected chi connectivity index (χ0v) is 13.8. The lowest BCUT2D eigenvalue weighted by atomic mass is 10.1. The van der Waals surface area contributed by atoms with Gasteiger partial charge in [-0.15, -0.1) is 0 Å². The Balaban J connectivity index is 1.98. The summed E-state index contributed by atoms with van der Waals surface area (Å²) in [6, 6.07) is 11.1. The normalized spacial score (nSPS) is 10.4. The van der Waals surface area contributed by atoms with E-state index in [4.69, 9.17) is 4.74 Å². The van der Waals surface area contributed by atoms with Crippen LogP contribution in [0.1, 0.15) is 30.6 Å². The maximum Gasteiger partial charge on any atom is 0.252 e. The van der Waals surface area contributed by atoms with E-state index in [0.717, 1.165) is 17.9 Å². The third-order valence-electron chi connectivity index (χ3n) is 3.40. The molecule has 0 fully saturated rings. The van der Waals surface area contributed by atoms with Crippen LogP contribution in [0.2, 0.25) is 0 Å². The number of nitrogens with zero attached hydrogens (tertiary/aromatic N) is 1. The van der Waals surface area contributed by atoms with Crippen LogP contribution >= 0.6 is 0 Å². The molecule has 2 rings (SSSR count). The number of hydrogen-bond acceptors (Lipinski definition) is 4. The molecule has 0 atom stereocenters. The lowest BCUT2D eigenvalue weighted by molar-refractivity contribution is 0.0951. The van der Waals surface area contributed by atoms with E-state index in [1.54, 1.807) is 25.4 Å². The summed E-state index contributed by atoms with van der Waals surface area (Å²) >= 11 is 0. The van der Waals surface area contributed by atoms with Crippen LogP contribution in [0.15, 0.2) is 42.6 Å². The summed E-state index contributed by atoms with van der Waals surface area (Å²) in [4.78, 5) is 16.3. The summed E-state index contributed by atoms with van der Waals surface area (Å²) in [5, 5.41) is 6.08. The third-order valence-corrected chi connectivity index (χ3v) is 3.40. The molecule has 0 saturated carbocycles. The van der Waals surface area contributed by atoms with Crippen molar-refractivity contribution in [1.82, 2.24) is 10.3 Å².